The fourth-order valence-corrected chi connectivity index (χ4v) is 3.45. The zero-order valence-electron chi connectivity index (χ0n) is 16.1. The monoisotopic (exact) mass is 458 g/mol. The summed E-state index contributed by atoms with van der Waals surface area (Å²) >= 11 is 3.37. The maximum atomic E-state index is 13.0. The van der Waals surface area contributed by atoms with Crippen molar-refractivity contribution in [3.8, 4) is 11.5 Å². The number of anilines is 1. The molecule has 0 atom stereocenters. The van der Waals surface area contributed by atoms with Crippen molar-refractivity contribution in [2.45, 2.75) is 13.3 Å². The van der Waals surface area contributed by atoms with Crippen molar-refractivity contribution in [2.24, 2.45) is 0 Å². The first-order valence-electron chi connectivity index (χ1n) is 8.81. The number of rotatable bonds is 5. The van der Waals surface area contributed by atoms with E-state index in [1.807, 2.05) is 19.1 Å². The lowest BCUT2D eigenvalue weighted by Gasteiger charge is -2.26. The molecule has 0 spiro atoms. The number of halogens is 1. The molecule has 1 aliphatic heterocycles. The van der Waals surface area contributed by atoms with Crippen molar-refractivity contribution >= 4 is 45.5 Å². The van der Waals surface area contributed by atoms with Crippen molar-refractivity contribution in [3.05, 3.63) is 57.6 Å². The Morgan fingerprint density at radius 2 is 1.76 bits per heavy atom. The lowest BCUT2D eigenvalue weighted by molar-refractivity contribution is -0.122. The zero-order valence-corrected chi connectivity index (χ0v) is 17.7. The van der Waals surface area contributed by atoms with Crippen LogP contribution in [-0.4, -0.2) is 32.1 Å². The predicted molar refractivity (Wildman–Crippen MR) is 112 cm³/mol. The molecule has 1 heterocycles. The van der Waals surface area contributed by atoms with Crippen LogP contribution in [0.15, 0.2) is 46.4 Å². The SMILES string of the molecule is CCc1ccc(N2C(=O)NC(=O)/C(=C/c3cc(Br)cc(OC)c3OC)C2=O)cc1. The molecule has 2 aromatic rings. The number of barbiturate groups is 1. The van der Waals surface area contributed by atoms with Crippen LogP contribution in [0.5, 0.6) is 11.5 Å². The maximum Gasteiger partial charge on any atom is 0.335 e. The van der Waals surface area contributed by atoms with Gasteiger partial charge in [0.05, 0.1) is 19.9 Å². The molecule has 8 heteroatoms. The van der Waals surface area contributed by atoms with E-state index in [9.17, 15) is 14.4 Å². The van der Waals surface area contributed by atoms with E-state index in [4.69, 9.17) is 9.47 Å². The number of aryl methyl sites for hydroxylation is 1. The fraction of sp³-hybridized carbons (Fsp3) is 0.190. The standard InChI is InChI=1S/C21H19BrN2O5/c1-4-12-5-7-15(8-6-12)24-20(26)16(19(25)23-21(24)27)10-13-9-14(22)11-17(28-2)18(13)29-3/h5-11H,4H2,1-3H3,(H,23,25,27)/b16-10-. The summed E-state index contributed by atoms with van der Waals surface area (Å²) in [7, 11) is 2.95. The van der Waals surface area contributed by atoms with Gasteiger partial charge in [-0.25, -0.2) is 9.69 Å². The molecule has 0 aromatic heterocycles. The largest absolute Gasteiger partial charge is 0.493 e. The van der Waals surface area contributed by atoms with Crippen LogP contribution in [0.4, 0.5) is 10.5 Å². The molecular formula is C21H19BrN2O5. The quantitative estimate of drug-likeness (QED) is 0.545. The molecular weight excluding hydrogens is 440 g/mol. The number of carbonyl (C=O) groups excluding carboxylic acids is 3. The van der Waals surface area contributed by atoms with Crippen molar-refractivity contribution in [1.29, 1.82) is 0 Å². The summed E-state index contributed by atoms with van der Waals surface area (Å²) < 4.78 is 11.3. The van der Waals surface area contributed by atoms with Crippen LogP contribution < -0.4 is 19.7 Å². The van der Waals surface area contributed by atoms with Crippen LogP contribution in [0.3, 0.4) is 0 Å². The zero-order chi connectivity index (χ0) is 21.1. The van der Waals surface area contributed by atoms with E-state index in [0.29, 0.717) is 27.2 Å². The molecule has 4 amide bonds. The number of hydrogen-bond acceptors (Lipinski definition) is 5. The summed E-state index contributed by atoms with van der Waals surface area (Å²) in [6.07, 6.45) is 2.21. The van der Waals surface area contributed by atoms with Gasteiger partial charge in [0.2, 0.25) is 0 Å². The number of ether oxygens (including phenoxy) is 2. The molecule has 2 aromatic carbocycles. The van der Waals surface area contributed by atoms with Crippen LogP contribution in [0, 0.1) is 0 Å². The van der Waals surface area contributed by atoms with Crippen LogP contribution in [-0.2, 0) is 16.0 Å². The molecule has 0 radical (unpaired) electrons. The minimum absolute atomic E-state index is 0.192. The Kier molecular flexibility index (Phi) is 6.03. The summed E-state index contributed by atoms with van der Waals surface area (Å²) in [5.41, 5.74) is 1.70. The van der Waals surface area contributed by atoms with Gasteiger partial charge in [0, 0.05) is 10.0 Å². The number of imide groups is 2. The molecule has 0 bridgehead atoms. The Morgan fingerprint density at radius 1 is 1.07 bits per heavy atom. The number of benzene rings is 2. The number of nitrogens with one attached hydrogen (secondary N) is 1. The highest BCUT2D eigenvalue weighted by Crippen LogP contribution is 2.36. The Morgan fingerprint density at radius 3 is 2.34 bits per heavy atom. The second-order valence-electron chi connectivity index (χ2n) is 6.21. The molecule has 1 saturated heterocycles. The minimum Gasteiger partial charge on any atom is -0.493 e. The summed E-state index contributed by atoms with van der Waals surface area (Å²) in [5, 5.41) is 2.21. The van der Waals surface area contributed by atoms with E-state index >= 15 is 0 Å². The molecule has 0 aliphatic carbocycles. The van der Waals surface area contributed by atoms with Crippen molar-refractivity contribution < 1.29 is 23.9 Å². The predicted octanol–water partition coefficient (Wildman–Crippen LogP) is 3.70. The highest BCUT2D eigenvalue weighted by atomic mass is 79.9. The Hall–Kier alpha value is -3.13. The summed E-state index contributed by atoms with van der Waals surface area (Å²) in [4.78, 5) is 38.7. The van der Waals surface area contributed by atoms with E-state index in [-0.39, 0.29) is 5.57 Å². The smallest absolute Gasteiger partial charge is 0.335 e. The Bertz CT molecular complexity index is 1010. The van der Waals surface area contributed by atoms with Crippen LogP contribution in [0.2, 0.25) is 0 Å². The van der Waals surface area contributed by atoms with E-state index < -0.39 is 17.8 Å². The molecule has 1 N–H and O–H groups in total. The minimum atomic E-state index is -0.791. The highest BCUT2D eigenvalue weighted by Gasteiger charge is 2.37. The third kappa shape index (κ3) is 4.02. The van der Waals surface area contributed by atoms with Gasteiger partial charge in [0.15, 0.2) is 11.5 Å². The molecule has 0 saturated carbocycles. The average molecular weight is 459 g/mol. The van der Waals surface area contributed by atoms with Crippen molar-refractivity contribution in [3.63, 3.8) is 0 Å². The van der Waals surface area contributed by atoms with Crippen LogP contribution in [0.25, 0.3) is 6.08 Å². The first-order valence-corrected chi connectivity index (χ1v) is 9.60. The van der Waals surface area contributed by atoms with Gasteiger partial charge in [-0.05, 0) is 42.3 Å². The number of methoxy groups -OCH3 is 2. The van der Waals surface area contributed by atoms with Crippen LogP contribution >= 0.6 is 15.9 Å². The third-order valence-corrected chi connectivity index (χ3v) is 4.93. The molecule has 1 fully saturated rings. The Balaban J connectivity index is 2.07. The van der Waals surface area contributed by atoms with Gasteiger partial charge >= 0.3 is 6.03 Å². The summed E-state index contributed by atoms with van der Waals surface area (Å²) in [5.74, 6) is -0.702. The average Bonchev–Trinajstić information content (AvgIpc) is 2.71. The van der Waals surface area contributed by atoms with E-state index in [1.54, 1.807) is 24.3 Å². The van der Waals surface area contributed by atoms with Gasteiger partial charge in [0.1, 0.15) is 5.57 Å². The second kappa shape index (κ2) is 8.48. The number of carbonyl (C=O) groups is 3. The van der Waals surface area contributed by atoms with Crippen LogP contribution in [0.1, 0.15) is 18.1 Å². The van der Waals surface area contributed by atoms with Gasteiger partial charge in [-0.15, -0.1) is 0 Å². The summed E-state index contributed by atoms with van der Waals surface area (Å²) in [6, 6.07) is 9.61. The van der Waals surface area contributed by atoms with Gasteiger partial charge in [-0.3, -0.25) is 14.9 Å². The lowest BCUT2D eigenvalue weighted by atomic mass is 10.0. The van der Waals surface area contributed by atoms with Gasteiger partial charge in [-0.2, -0.15) is 0 Å². The first-order chi connectivity index (χ1) is 13.9. The van der Waals surface area contributed by atoms with Gasteiger partial charge in [-0.1, -0.05) is 35.0 Å². The molecule has 150 valence electrons. The molecule has 3 rings (SSSR count). The molecule has 1 aliphatic rings. The van der Waals surface area contributed by atoms with E-state index in [1.165, 1.54) is 20.3 Å². The third-order valence-electron chi connectivity index (χ3n) is 4.48. The van der Waals surface area contributed by atoms with Crippen molar-refractivity contribution in [2.75, 3.05) is 19.1 Å². The number of nitrogens with zero attached hydrogens (tertiary/aromatic N) is 1. The lowest BCUT2D eigenvalue weighted by Crippen LogP contribution is -2.54. The molecule has 0 unspecified atom stereocenters. The van der Waals surface area contributed by atoms with E-state index in [2.05, 4.69) is 21.2 Å². The number of amides is 4. The number of urea groups is 1. The Labute approximate surface area is 176 Å². The van der Waals surface area contributed by atoms with E-state index in [0.717, 1.165) is 16.9 Å². The van der Waals surface area contributed by atoms with Crippen molar-refractivity contribution in [1.82, 2.24) is 5.32 Å². The molecule has 7 nitrogen and oxygen atoms in total. The normalized spacial score (nSPS) is 15.5. The number of hydrogen-bond donors (Lipinski definition) is 1. The summed E-state index contributed by atoms with van der Waals surface area (Å²) in [6.45, 7) is 2.01. The van der Waals surface area contributed by atoms with Gasteiger partial charge in [0.25, 0.3) is 11.8 Å². The van der Waals surface area contributed by atoms with Gasteiger partial charge < -0.3 is 9.47 Å². The maximum absolute atomic E-state index is 13.0. The fourth-order valence-electron chi connectivity index (χ4n) is 2.99. The first kappa shape index (κ1) is 20.6. The highest BCUT2D eigenvalue weighted by molar-refractivity contribution is 9.10. The topological polar surface area (TPSA) is 84.9 Å². The second-order valence-corrected chi connectivity index (χ2v) is 7.12. The molecule has 29 heavy (non-hydrogen) atoms.